The number of thioether (sulfide) groups is 1. The van der Waals surface area contributed by atoms with Gasteiger partial charge < -0.3 is 29.5 Å². The zero-order valence-electron chi connectivity index (χ0n) is 45.5. The van der Waals surface area contributed by atoms with Crippen LogP contribution in [0, 0.1) is 5.41 Å². The Morgan fingerprint density at radius 1 is 0.815 bits per heavy atom. The molecule has 442 valence electrons. The highest BCUT2D eigenvalue weighted by Crippen LogP contribution is 2.44. The quantitative estimate of drug-likeness (QED) is 0.0573. The summed E-state index contributed by atoms with van der Waals surface area (Å²) in [6.07, 6.45) is 3.72. The number of alkyl halides is 3. The molecule has 0 unspecified atom stereocenters. The summed E-state index contributed by atoms with van der Waals surface area (Å²) in [7, 11) is -13.3. The normalized spacial score (nSPS) is 20.1. The number of nitrogens with one attached hydrogen (secondary N) is 2. The van der Waals surface area contributed by atoms with E-state index in [-0.39, 0.29) is 23.2 Å². The van der Waals surface area contributed by atoms with E-state index in [1.165, 1.54) is 46.5 Å². The Labute approximate surface area is 483 Å². The number of esters is 1. The number of benzene rings is 4. The van der Waals surface area contributed by atoms with Gasteiger partial charge in [0.1, 0.15) is 4.90 Å². The minimum atomic E-state index is -6.10. The summed E-state index contributed by atoms with van der Waals surface area (Å²) >= 11 is 7.75. The van der Waals surface area contributed by atoms with Gasteiger partial charge in [-0.25, -0.2) is 30.0 Å². The highest BCUT2D eigenvalue weighted by atomic mass is 35.5. The lowest BCUT2D eigenvalue weighted by molar-refractivity contribution is -0.140. The highest BCUT2D eigenvalue weighted by molar-refractivity contribution is 7.99. The van der Waals surface area contributed by atoms with E-state index in [0.29, 0.717) is 88.8 Å². The van der Waals surface area contributed by atoms with E-state index >= 15 is 0 Å². The number of methoxy groups -OCH3 is 1. The fraction of sp³-hybridized carbons (Fsp3) is 0.500. The zero-order chi connectivity index (χ0) is 58.0. The third-order valence-electron chi connectivity index (χ3n) is 15.4. The first-order valence-electron chi connectivity index (χ1n) is 27.1. The maximum atomic E-state index is 14.3. The number of sulfonamides is 2. The Kier molecular flexibility index (Phi) is 21.0. The third-order valence-corrected chi connectivity index (χ3v) is 21.5. The van der Waals surface area contributed by atoms with Gasteiger partial charge in [0.15, 0.2) is 0 Å². The average Bonchev–Trinajstić information content (AvgIpc) is 3.73. The summed E-state index contributed by atoms with van der Waals surface area (Å²) in [5.74, 6) is -1.54. The molecule has 25 heteroatoms. The monoisotopic (exact) mass is 1220 g/mol. The van der Waals surface area contributed by atoms with Crippen LogP contribution in [0.2, 0.25) is 5.02 Å². The van der Waals surface area contributed by atoms with Crippen LogP contribution in [0.4, 0.5) is 24.5 Å². The molecular formula is C56H71ClF3N7O10S4. The van der Waals surface area contributed by atoms with Crippen molar-refractivity contribution in [2.24, 2.45) is 5.41 Å². The van der Waals surface area contributed by atoms with Crippen molar-refractivity contribution < 1.29 is 57.5 Å². The molecule has 0 aromatic heterocycles. The van der Waals surface area contributed by atoms with E-state index in [4.69, 9.17) is 16.3 Å². The maximum Gasteiger partial charge on any atom is 0.501 e. The SMILES string of the molecule is COC(=O)CCS(=O)(=O)N1CCN(C[C@]2(C)CCC(c3ccc(Cl)cc3)=C(CN3CCN(c4ccc(C(=O)NS(=O)(=O)c5ccc(N[C@H](CCN6CCCOCC6)CSc6ccccc6)c(S(=O)(=O)C(F)(F)F)c5)cc4)CC3)C2)CC1. The van der Waals surface area contributed by atoms with E-state index in [1.54, 1.807) is 12.1 Å². The Morgan fingerprint density at radius 2 is 1.51 bits per heavy atom. The standard InChI is InChI=1S/C56H71ClF3N7O10S4/c1-55(41-65-27-31-67(32-28-65)79(70,71)36-21-53(68)76-2)22-19-50(42-9-13-45(57)14-10-42)44(38-55)39-64-25-29-66(30-26-64)47-15-11-43(12-16-47)54(69)62-81(74,75)49-17-18-51(52(37-49)80(72,73)56(58,59)60)61-46(40-78-48-7-4-3-5-8-48)20-24-63-23-6-34-77-35-33-63/h3-5,7-18,37,46,61H,6,19-36,38-41H2,1-2H3,(H,62,69)/t46-,55-/m1/s1. The molecule has 0 radical (unpaired) electrons. The Balaban J connectivity index is 0.898. The largest absolute Gasteiger partial charge is 0.501 e. The van der Waals surface area contributed by atoms with Crippen LogP contribution in [0.3, 0.4) is 0 Å². The number of nitrogens with zero attached hydrogens (tertiary/aromatic N) is 5. The number of carbonyl (C=O) groups is 2. The van der Waals surface area contributed by atoms with Gasteiger partial charge in [-0.15, -0.1) is 11.8 Å². The fourth-order valence-electron chi connectivity index (χ4n) is 10.9. The second-order valence-electron chi connectivity index (χ2n) is 21.3. The zero-order valence-corrected chi connectivity index (χ0v) is 49.6. The molecule has 4 aromatic carbocycles. The minimum absolute atomic E-state index is 0.0401. The van der Waals surface area contributed by atoms with Gasteiger partial charge in [-0.05, 0) is 115 Å². The first-order valence-corrected chi connectivity index (χ1v) is 33.0. The molecule has 3 fully saturated rings. The molecule has 2 atom stereocenters. The maximum absolute atomic E-state index is 14.3. The van der Waals surface area contributed by atoms with Crippen molar-refractivity contribution in [2.45, 2.75) is 71.7 Å². The van der Waals surface area contributed by atoms with Crippen LogP contribution in [0.25, 0.3) is 5.57 Å². The van der Waals surface area contributed by atoms with Crippen molar-refractivity contribution in [3.8, 4) is 0 Å². The molecule has 0 bridgehead atoms. The van der Waals surface area contributed by atoms with E-state index in [2.05, 4.69) is 48.7 Å². The highest BCUT2D eigenvalue weighted by Gasteiger charge is 2.49. The second-order valence-corrected chi connectivity index (χ2v) is 28.5. The molecule has 4 aromatic rings. The van der Waals surface area contributed by atoms with Crippen LogP contribution < -0.4 is 14.9 Å². The predicted octanol–water partition coefficient (Wildman–Crippen LogP) is 7.71. The van der Waals surface area contributed by atoms with Crippen LogP contribution in [0.5, 0.6) is 0 Å². The number of carbonyl (C=O) groups excluding carboxylic acids is 2. The van der Waals surface area contributed by atoms with Gasteiger partial charge in [-0.1, -0.05) is 54.4 Å². The summed E-state index contributed by atoms with van der Waals surface area (Å²) in [6, 6.07) is 25.5. The van der Waals surface area contributed by atoms with E-state index in [0.717, 1.165) is 86.7 Å². The molecular weight excluding hydrogens is 1150 g/mol. The number of allylic oxidation sites excluding steroid dienone is 1. The molecule has 3 saturated heterocycles. The Hall–Kier alpha value is -4.76. The van der Waals surface area contributed by atoms with Gasteiger partial charge in [-0.3, -0.25) is 14.5 Å². The lowest BCUT2D eigenvalue weighted by atomic mass is 9.71. The number of rotatable bonds is 22. The summed E-state index contributed by atoms with van der Waals surface area (Å²) in [5.41, 5.74) is -1.74. The summed E-state index contributed by atoms with van der Waals surface area (Å²) < 4.78 is 136. The number of piperazine rings is 2. The van der Waals surface area contributed by atoms with Crippen molar-refractivity contribution in [3.63, 3.8) is 0 Å². The third kappa shape index (κ3) is 16.7. The molecule has 0 saturated carbocycles. The topological polar surface area (TPSA) is 195 Å². The molecule has 3 heterocycles. The first-order chi connectivity index (χ1) is 38.5. The Bertz CT molecular complexity index is 3180. The summed E-state index contributed by atoms with van der Waals surface area (Å²) in [5, 5.41) is 3.66. The van der Waals surface area contributed by atoms with Crippen molar-refractivity contribution >= 4 is 82.1 Å². The molecule has 2 N–H and O–H groups in total. The van der Waals surface area contributed by atoms with Gasteiger partial charge in [0, 0.05) is 125 Å². The van der Waals surface area contributed by atoms with E-state index in [1.807, 2.05) is 47.2 Å². The van der Waals surface area contributed by atoms with Crippen LogP contribution in [0.15, 0.2) is 117 Å². The number of sulfone groups is 1. The minimum Gasteiger partial charge on any atom is -0.469 e. The average molecular weight is 1220 g/mol. The fourth-order valence-corrected chi connectivity index (χ4v) is 15.4. The van der Waals surface area contributed by atoms with Gasteiger partial charge in [-0.2, -0.15) is 17.5 Å². The predicted molar refractivity (Wildman–Crippen MR) is 309 cm³/mol. The van der Waals surface area contributed by atoms with Gasteiger partial charge >= 0.3 is 11.5 Å². The van der Waals surface area contributed by atoms with Crippen LogP contribution in [-0.4, -0.2) is 185 Å². The molecule has 1 amide bonds. The lowest BCUT2D eigenvalue weighted by Gasteiger charge is -2.44. The van der Waals surface area contributed by atoms with Crippen molar-refractivity contribution in [1.29, 1.82) is 0 Å². The number of hydrogen-bond acceptors (Lipinski definition) is 16. The smallest absolute Gasteiger partial charge is 0.469 e. The molecule has 4 aliphatic rings. The molecule has 17 nitrogen and oxygen atoms in total. The molecule has 3 aliphatic heterocycles. The number of amides is 1. The van der Waals surface area contributed by atoms with E-state index in [9.17, 15) is 48.0 Å². The van der Waals surface area contributed by atoms with Crippen LogP contribution >= 0.6 is 23.4 Å². The Morgan fingerprint density at radius 3 is 2.19 bits per heavy atom. The first kappa shape index (κ1) is 62.3. The van der Waals surface area contributed by atoms with Crippen molar-refractivity contribution in [3.05, 3.63) is 119 Å². The van der Waals surface area contributed by atoms with Gasteiger partial charge in [0.25, 0.3) is 25.8 Å². The van der Waals surface area contributed by atoms with Gasteiger partial charge in [0.2, 0.25) is 10.0 Å². The van der Waals surface area contributed by atoms with Crippen molar-refractivity contribution in [2.75, 3.05) is 127 Å². The second kappa shape index (κ2) is 27.3. The summed E-state index contributed by atoms with van der Waals surface area (Å²) in [6.45, 7) is 11.6. The number of ether oxygens (including phenoxy) is 2. The lowest BCUT2D eigenvalue weighted by Crippen LogP contribution is -2.52. The van der Waals surface area contributed by atoms with Crippen LogP contribution in [-0.2, 0) is 44.2 Å². The van der Waals surface area contributed by atoms with E-state index < -0.39 is 68.8 Å². The number of anilines is 2. The summed E-state index contributed by atoms with van der Waals surface area (Å²) in [4.78, 5) is 33.1. The molecule has 1 aliphatic carbocycles. The molecule has 0 spiro atoms. The number of hydrogen-bond donors (Lipinski definition) is 2. The number of halogens is 4. The van der Waals surface area contributed by atoms with Crippen LogP contribution in [0.1, 0.15) is 61.4 Å². The van der Waals surface area contributed by atoms with Gasteiger partial charge in [0.05, 0.1) is 36.5 Å². The van der Waals surface area contributed by atoms with Crippen molar-refractivity contribution in [1.82, 2.24) is 23.7 Å². The molecule has 8 rings (SSSR count). The molecule has 81 heavy (non-hydrogen) atoms.